The van der Waals surface area contributed by atoms with Crippen LogP contribution in [-0.2, 0) is 6.42 Å². The van der Waals surface area contributed by atoms with E-state index in [9.17, 15) is 0 Å². The average molecular weight is 265 g/mol. The van der Waals surface area contributed by atoms with Gasteiger partial charge in [-0.1, -0.05) is 54.6 Å². The van der Waals surface area contributed by atoms with E-state index in [4.69, 9.17) is 0 Å². The Balaban J connectivity index is 2.20. The second-order valence-corrected chi connectivity index (χ2v) is 6.37. The Morgan fingerprint density at radius 1 is 0.950 bits per heavy atom. The minimum atomic E-state index is 0.119. The van der Waals surface area contributed by atoms with E-state index in [0.29, 0.717) is 5.92 Å². The number of fused-ring (bicyclic) bond motifs is 1. The molecule has 0 N–H and O–H groups in total. The summed E-state index contributed by atoms with van der Waals surface area (Å²) in [6.45, 7) is 5.85. The summed E-state index contributed by atoms with van der Waals surface area (Å²) in [5, 5.41) is 0. The van der Waals surface area contributed by atoms with Crippen molar-refractivity contribution in [2.75, 3.05) is 13.6 Å². The zero-order valence-electron chi connectivity index (χ0n) is 12.6. The standard InChI is InChI=1S/C19H23N/c1-19(2)18(16-10-5-4-6-11-16)17-12-8-7-9-15(17)13-14-20(19)3/h4-12,18H,13-14H2,1-3H3. The highest BCUT2D eigenvalue weighted by Gasteiger charge is 2.38. The molecule has 104 valence electrons. The molecule has 1 atom stereocenters. The molecule has 1 heterocycles. The SMILES string of the molecule is CN1CCc2ccccc2C(c2ccccc2)C1(C)C. The van der Waals surface area contributed by atoms with Gasteiger partial charge >= 0.3 is 0 Å². The van der Waals surface area contributed by atoms with Crippen LogP contribution in [-0.4, -0.2) is 24.0 Å². The smallest absolute Gasteiger partial charge is 0.0271 e. The summed E-state index contributed by atoms with van der Waals surface area (Å²) in [6, 6.07) is 19.9. The third-order valence-electron chi connectivity index (χ3n) is 4.91. The molecule has 20 heavy (non-hydrogen) atoms. The van der Waals surface area contributed by atoms with Crippen LogP contribution in [0.5, 0.6) is 0 Å². The van der Waals surface area contributed by atoms with E-state index in [1.54, 1.807) is 0 Å². The van der Waals surface area contributed by atoms with Crippen LogP contribution in [0.25, 0.3) is 0 Å². The maximum atomic E-state index is 2.50. The Morgan fingerprint density at radius 2 is 1.60 bits per heavy atom. The van der Waals surface area contributed by atoms with Gasteiger partial charge in [-0.2, -0.15) is 0 Å². The highest BCUT2D eigenvalue weighted by atomic mass is 15.2. The minimum Gasteiger partial charge on any atom is -0.300 e. The van der Waals surface area contributed by atoms with Gasteiger partial charge in [-0.15, -0.1) is 0 Å². The lowest BCUT2D eigenvalue weighted by Crippen LogP contribution is -2.45. The zero-order chi connectivity index (χ0) is 14.2. The Kier molecular flexibility index (Phi) is 3.39. The summed E-state index contributed by atoms with van der Waals surface area (Å²) in [5.74, 6) is 0.424. The van der Waals surface area contributed by atoms with Gasteiger partial charge in [-0.25, -0.2) is 0 Å². The molecular weight excluding hydrogens is 242 g/mol. The van der Waals surface area contributed by atoms with E-state index in [1.807, 2.05) is 0 Å². The molecule has 0 bridgehead atoms. The minimum absolute atomic E-state index is 0.119. The van der Waals surface area contributed by atoms with E-state index in [0.717, 1.165) is 13.0 Å². The van der Waals surface area contributed by atoms with Gasteiger partial charge in [0.25, 0.3) is 0 Å². The van der Waals surface area contributed by atoms with Crippen molar-refractivity contribution in [3.63, 3.8) is 0 Å². The third-order valence-corrected chi connectivity index (χ3v) is 4.91. The van der Waals surface area contributed by atoms with Crippen LogP contribution in [0, 0.1) is 0 Å². The summed E-state index contributed by atoms with van der Waals surface area (Å²) in [5.41, 5.74) is 4.53. The van der Waals surface area contributed by atoms with Crippen LogP contribution in [0.1, 0.15) is 36.5 Å². The van der Waals surface area contributed by atoms with E-state index >= 15 is 0 Å². The third kappa shape index (κ3) is 2.16. The number of likely N-dealkylation sites (N-methyl/N-ethyl adjacent to an activating group) is 1. The van der Waals surface area contributed by atoms with Gasteiger partial charge in [0.2, 0.25) is 0 Å². The predicted molar refractivity (Wildman–Crippen MR) is 85.1 cm³/mol. The first-order valence-corrected chi connectivity index (χ1v) is 7.44. The Labute approximate surface area is 122 Å². The summed E-state index contributed by atoms with van der Waals surface area (Å²) < 4.78 is 0. The van der Waals surface area contributed by atoms with E-state index < -0.39 is 0 Å². The van der Waals surface area contributed by atoms with Crippen molar-refractivity contribution in [1.29, 1.82) is 0 Å². The molecule has 1 unspecified atom stereocenters. The fourth-order valence-corrected chi connectivity index (χ4v) is 3.45. The first kappa shape index (κ1) is 13.4. The summed E-state index contributed by atoms with van der Waals surface area (Å²) in [6.07, 6.45) is 1.14. The molecule has 2 aromatic rings. The number of rotatable bonds is 1. The van der Waals surface area contributed by atoms with Crippen molar-refractivity contribution in [2.45, 2.75) is 31.7 Å². The van der Waals surface area contributed by atoms with E-state index in [1.165, 1.54) is 16.7 Å². The highest BCUT2D eigenvalue weighted by molar-refractivity contribution is 5.42. The van der Waals surface area contributed by atoms with Crippen LogP contribution in [0.3, 0.4) is 0 Å². The monoisotopic (exact) mass is 265 g/mol. The van der Waals surface area contributed by atoms with Crippen molar-refractivity contribution >= 4 is 0 Å². The van der Waals surface area contributed by atoms with Gasteiger partial charge in [-0.05, 0) is 44.0 Å². The average Bonchev–Trinajstić information content (AvgIpc) is 2.56. The quantitative estimate of drug-likeness (QED) is 0.751. The lowest BCUT2D eigenvalue weighted by Gasteiger charge is -2.41. The summed E-state index contributed by atoms with van der Waals surface area (Å²) in [7, 11) is 2.25. The molecule has 0 amide bonds. The van der Waals surface area contributed by atoms with Gasteiger partial charge in [-0.3, -0.25) is 4.90 Å². The van der Waals surface area contributed by atoms with Crippen LogP contribution in [0.2, 0.25) is 0 Å². The fourth-order valence-electron chi connectivity index (χ4n) is 3.45. The molecule has 1 nitrogen and oxygen atoms in total. The van der Waals surface area contributed by atoms with E-state index in [-0.39, 0.29) is 5.54 Å². The number of nitrogens with zero attached hydrogens (tertiary/aromatic N) is 1. The molecule has 0 aromatic heterocycles. The van der Waals surface area contributed by atoms with Crippen molar-refractivity contribution in [3.8, 4) is 0 Å². The first-order valence-electron chi connectivity index (χ1n) is 7.44. The number of benzene rings is 2. The molecule has 1 aliphatic rings. The molecule has 1 aliphatic heterocycles. The number of hydrogen-bond donors (Lipinski definition) is 0. The van der Waals surface area contributed by atoms with Crippen LogP contribution < -0.4 is 0 Å². The molecular formula is C19H23N. The zero-order valence-corrected chi connectivity index (χ0v) is 12.6. The molecule has 0 spiro atoms. The first-order chi connectivity index (χ1) is 9.60. The summed E-state index contributed by atoms with van der Waals surface area (Å²) >= 11 is 0. The molecule has 3 rings (SSSR count). The van der Waals surface area contributed by atoms with Gasteiger partial charge < -0.3 is 0 Å². The normalized spacial score (nSPS) is 22.1. The fraction of sp³-hybridized carbons (Fsp3) is 0.368. The van der Waals surface area contributed by atoms with Crippen LogP contribution >= 0.6 is 0 Å². The second kappa shape index (κ2) is 5.06. The molecule has 0 saturated heterocycles. The Bertz CT molecular complexity index is 586. The van der Waals surface area contributed by atoms with Crippen LogP contribution in [0.15, 0.2) is 54.6 Å². The molecule has 0 fully saturated rings. The van der Waals surface area contributed by atoms with Gasteiger partial charge in [0.15, 0.2) is 0 Å². The predicted octanol–water partition coefficient (Wildman–Crippen LogP) is 4.09. The molecule has 1 heteroatoms. The van der Waals surface area contributed by atoms with Crippen molar-refractivity contribution in [1.82, 2.24) is 4.90 Å². The topological polar surface area (TPSA) is 3.24 Å². The molecule has 2 aromatic carbocycles. The molecule has 0 radical (unpaired) electrons. The Morgan fingerprint density at radius 3 is 2.35 bits per heavy atom. The van der Waals surface area contributed by atoms with Crippen LogP contribution in [0.4, 0.5) is 0 Å². The lowest BCUT2D eigenvalue weighted by atomic mass is 9.76. The van der Waals surface area contributed by atoms with Crippen molar-refractivity contribution < 1.29 is 0 Å². The van der Waals surface area contributed by atoms with Crippen molar-refractivity contribution in [3.05, 3.63) is 71.3 Å². The number of hydrogen-bond acceptors (Lipinski definition) is 1. The van der Waals surface area contributed by atoms with Gasteiger partial charge in [0, 0.05) is 18.0 Å². The van der Waals surface area contributed by atoms with Gasteiger partial charge in [0.1, 0.15) is 0 Å². The second-order valence-electron chi connectivity index (χ2n) is 6.37. The largest absolute Gasteiger partial charge is 0.300 e. The lowest BCUT2D eigenvalue weighted by molar-refractivity contribution is 0.146. The van der Waals surface area contributed by atoms with Gasteiger partial charge in [0.05, 0.1) is 0 Å². The van der Waals surface area contributed by atoms with Crippen molar-refractivity contribution in [2.24, 2.45) is 0 Å². The molecule has 0 saturated carbocycles. The summed E-state index contributed by atoms with van der Waals surface area (Å²) in [4.78, 5) is 2.50. The Hall–Kier alpha value is -1.60. The maximum Gasteiger partial charge on any atom is 0.0271 e. The highest BCUT2D eigenvalue weighted by Crippen LogP contribution is 2.41. The maximum absolute atomic E-state index is 2.50. The molecule has 0 aliphatic carbocycles. The van der Waals surface area contributed by atoms with E-state index in [2.05, 4.69) is 80.4 Å².